The molecular weight excluding hydrogens is 342 g/mol. The van der Waals surface area contributed by atoms with Gasteiger partial charge in [-0.1, -0.05) is 0 Å². The number of hydrogen-bond acceptors (Lipinski definition) is 4. The molecule has 1 fully saturated rings. The highest BCUT2D eigenvalue weighted by atomic mass is 16.2. The van der Waals surface area contributed by atoms with Crippen LogP contribution in [-0.4, -0.2) is 45.0 Å². The number of aromatic amines is 1. The molecular formula is C20H21N5O2. The van der Waals surface area contributed by atoms with Crippen LogP contribution < -0.4 is 5.32 Å². The highest BCUT2D eigenvalue weighted by Crippen LogP contribution is 2.21. The lowest BCUT2D eigenvalue weighted by Gasteiger charge is -2.32. The summed E-state index contributed by atoms with van der Waals surface area (Å²) >= 11 is 0. The van der Waals surface area contributed by atoms with Gasteiger partial charge in [-0.3, -0.25) is 19.7 Å². The predicted molar refractivity (Wildman–Crippen MR) is 101 cm³/mol. The van der Waals surface area contributed by atoms with Crippen LogP contribution in [0.3, 0.4) is 0 Å². The number of pyridine rings is 1. The average Bonchev–Trinajstić information content (AvgIpc) is 3.20. The zero-order valence-corrected chi connectivity index (χ0v) is 14.9. The topological polar surface area (TPSA) is 91.0 Å². The van der Waals surface area contributed by atoms with Gasteiger partial charge in [-0.2, -0.15) is 5.10 Å². The summed E-state index contributed by atoms with van der Waals surface area (Å²) in [5, 5.41) is 10.7. The fraction of sp³-hybridized carbons (Fsp3) is 0.300. The van der Waals surface area contributed by atoms with Gasteiger partial charge in [0, 0.05) is 43.0 Å². The lowest BCUT2D eigenvalue weighted by molar-refractivity contribution is -0.126. The summed E-state index contributed by atoms with van der Waals surface area (Å²) in [6.45, 7) is 1.60. The molecule has 27 heavy (non-hydrogen) atoms. The van der Waals surface area contributed by atoms with Crippen LogP contribution in [0.25, 0.3) is 10.9 Å². The molecule has 7 nitrogen and oxygen atoms in total. The van der Waals surface area contributed by atoms with Crippen LogP contribution in [-0.2, 0) is 11.3 Å². The van der Waals surface area contributed by atoms with Crippen LogP contribution in [0.15, 0.2) is 48.9 Å². The van der Waals surface area contributed by atoms with Gasteiger partial charge >= 0.3 is 0 Å². The number of carbonyl (C=O) groups excluding carboxylic acids is 2. The molecule has 0 saturated carbocycles. The smallest absolute Gasteiger partial charge is 0.253 e. The maximum absolute atomic E-state index is 12.9. The number of aromatic nitrogens is 3. The minimum Gasteiger partial charge on any atom is -0.352 e. The van der Waals surface area contributed by atoms with Crippen LogP contribution in [0.2, 0.25) is 0 Å². The first-order chi connectivity index (χ1) is 13.2. The van der Waals surface area contributed by atoms with Gasteiger partial charge in [-0.05, 0) is 48.7 Å². The number of rotatable bonds is 4. The second-order valence-corrected chi connectivity index (χ2v) is 6.84. The third kappa shape index (κ3) is 3.81. The Kier molecular flexibility index (Phi) is 4.82. The fourth-order valence-corrected chi connectivity index (χ4v) is 3.47. The van der Waals surface area contributed by atoms with Crippen molar-refractivity contribution in [2.45, 2.75) is 19.4 Å². The Hall–Kier alpha value is -3.22. The molecule has 0 aliphatic carbocycles. The Morgan fingerprint density at radius 2 is 2.07 bits per heavy atom. The van der Waals surface area contributed by atoms with Gasteiger partial charge in [0.05, 0.1) is 17.6 Å². The fourth-order valence-electron chi connectivity index (χ4n) is 3.47. The summed E-state index contributed by atoms with van der Waals surface area (Å²) in [5.74, 6) is -0.221. The van der Waals surface area contributed by atoms with E-state index in [4.69, 9.17) is 0 Å². The quantitative estimate of drug-likeness (QED) is 0.743. The minimum atomic E-state index is -0.179. The maximum Gasteiger partial charge on any atom is 0.253 e. The molecule has 1 aliphatic heterocycles. The molecule has 1 aliphatic rings. The number of benzene rings is 1. The Labute approximate surface area is 156 Å². The van der Waals surface area contributed by atoms with Gasteiger partial charge in [0.1, 0.15) is 0 Å². The Bertz CT molecular complexity index is 953. The molecule has 1 aromatic carbocycles. The summed E-state index contributed by atoms with van der Waals surface area (Å²) in [6, 6.07) is 9.26. The van der Waals surface area contributed by atoms with Crippen LogP contribution in [0.5, 0.6) is 0 Å². The molecule has 7 heteroatoms. The summed E-state index contributed by atoms with van der Waals surface area (Å²) in [7, 11) is 0. The average molecular weight is 363 g/mol. The molecule has 2 aromatic heterocycles. The molecule has 3 aromatic rings. The van der Waals surface area contributed by atoms with E-state index >= 15 is 0 Å². The zero-order valence-electron chi connectivity index (χ0n) is 14.9. The number of nitrogens with zero attached hydrogens (tertiary/aromatic N) is 3. The third-order valence-electron chi connectivity index (χ3n) is 4.98. The first-order valence-corrected chi connectivity index (χ1v) is 9.10. The SMILES string of the molecule is O=C(NCc1ccncc1)C1CCCN(C(=O)c2ccc3[nH]ncc3c2)C1. The minimum absolute atomic E-state index is 0.00500. The first-order valence-electron chi connectivity index (χ1n) is 9.10. The number of nitrogens with one attached hydrogen (secondary N) is 2. The van der Waals surface area contributed by atoms with E-state index in [0.717, 1.165) is 29.3 Å². The van der Waals surface area contributed by atoms with Crippen molar-refractivity contribution in [1.82, 2.24) is 25.4 Å². The van der Waals surface area contributed by atoms with Crippen molar-refractivity contribution in [3.63, 3.8) is 0 Å². The van der Waals surface area contributed by atoms with Crippen LogP contribution >= 0.6 is 0 Å². The molecule has 1 atom stereocenters. The van der Waals surface area contributed by atoms with Gasteiger partial charge < -0.3 is 10.2 Å². The number of likely N-dealkylation sites (tertiary alicyclic amines) is 1. The summed E-state index contributed by atoms with van der Waals surface area (Å²) in [5.41, 5.74) is 2.54. The van der Waals surface area contributed by atoms with E-state index in [9.17, 15) is 9.59 Å². The summed E-state index contributed by atoms with van der Waals surface area (Å²) in [6.07, 6.45) is 6.75. The van der Waals surface area contributed by atoms with E-state index in [2.05, 4.69) is 20.5 Å². The highest BCUT2D eigenvalue weighted by molar-refractivity contribution is 5.98. The zero-order chi connectivity index (χ0) is 18.6. The predicted octanol–water partition coefficient (Wildman–Crippen LogP) is 2.13. The van der Waals surface area contributed by atoms with Crippen molar-refractivity contribution in [2.75, 3.05) is 13.1 Å². The number of amides is 2. The number of carbonyl (C=O) groups is 2. The standard InChI is InChI=1S/C20H21N5O2/c26-19(22-11-14-5-7-21-8-6-14)16-2-1-9-25(13-16)20(27)15-3-4-18-17(10-15)12-23-24-18/h3-8,10,12,16H,1-2,9,11,13H2,(H,22,26)(H,23,24). The van der Waals surface area contributed by atoms with E-state index in [1.807, 2.05) is 24.3 Å². The number of fused-ring (bicyclic) bond motifs is 1. The number of piperidine rings is 1. The first kappa shape index (κ1) is 17.2. The van der Waals surface area contributed by atoms with Crippen LogP contribution in [0.4, 0.5) is 0 Å². The van der Waals surface area contributed by atoms with Crippen molar-refractivity contribution < 1.29 is 9.59 Å². The van der Waals surface area contributed by atoms with Gasteiger partial charge in [0.15, 0.2) is 0 Å². The number of hydrogen-bond donors (Lipinski definition) is 2. The van der Waals surface area contributed by atoms with Crippen LogP contribution in [0.1, 0.15) is 28.8 Å². The lowest BCUT2D eigenvalue weighted by atomic mass is 9.96. The van der Waals surface area contributed by atoms with Crippen molar-refractivity contribution in [3.05, 3.63) is 60.0 Å². The molecule has 1 saturated heterocycles. The molecule has 3 heterocycles. The third-order valence-corrected chi connectivity index (χ3v) is 4.98. The lowest BCUT2D eigenvalue weighted by Crippen LogP contribution is -2.45. The summed E-state index contributed by atoms with van der Waals surface area (Å²) < 4.78 is 0. The molecule has 4 rings (SSSR count). The normalized spacial score (nSPS) is 17.0. The Morgan fingerprint density at radius 1 is 1.22 bits per heavy atom. The maximum atomic E-state index is 12.9. The molecule has 0 spiro atoms. The van der Waals surface area contributed by atoms with Crippen molar-refractivity contribution in [2.24, 2.45) is 5.92 Å². The van der Waals surface area contributed by atoms with E-state index < -0.39 is 0 Å². The van der Waals surface area contributed by atoms with Crippen molar-refractivity contribution in [1.29, 1.82) is 0 Å². The largest absolute Gasteiger partial charge is 0.352 e. The van der Waals surface area contributed by atoms with E-state index in [0.29, 0.717) is 25.2 Å². The number of H-pyrrole nitrogens is 1. The summed E-state index contributed by atoms with van der Waals surface area (Å²) in [4.78, 5) is 31.2. The van der Waals surface area contributed by atoms with Crippen molar-refractivity contribution in [3.8, 4) is 0 Å². The molecule has 0 radical (unpaired) electrons. The highest BCUT2D eigenvalue weighted by Gasteiger charge is 2.28. The molecule has 1 unspecified atom stereocenters. The Morgan fingerprint density at radius 3 is 2.93 bits per heavy atom. The van der Waals surface area contributed by atoms with Crippen LogP contribution in [0, 0.1) is 5.92 Å². The van der Waals surface area contributed by atoms with Gasteiger partial charge in [0.2, 0.25) is 5.91 Å². The van der Waals surface area contributed by atoms with Crippen molar-refractivity contribution >= 4 is 22.7 Å². The van der Waals surface area contributed by atoms with Gasteiger partial charge in [0.25, 0.3) is 5.91 Å². The second kappa shape index (κ2) is 7.57. The van der Waals surface area contributed by atoms with E-state index in [-0.39, 0.29) is 17.7 Å². The van der Waals surface area contributed by atoms with Gasteiger partial charge in [-0.25, -0.2) is 0 Å². The Balaban J connectivity index is 1.39. The van der Waals surface area contributed by atoms with Gasteiger partial charge in [-0.15, -0.1) is 0 Å². The molecule has 2 N–H and O–H groups in total. The van der Waals surface area contributed by atoms with E-state index in [1.165, 1.54) is 0 Å². The second-order valence-electron chi connectivity index (χ2n) is 6.84. The van der Waals surface area contributed by atoms with E-state index in [1.54, 1.807) is 29.6 Å². The molecule has 2 amide bonds. The molecule has 138 valence electrons. The monoisotopic (exact) mass is 363 g/mol. The molecule has 0 bridgehead atoms.